The summed E-state index contributed by atoms with van der Waals surface area (Å²) in [6, 6.07) is 3.22. The van der Waals surface area contributed by atoms with Crippen molar-refractivity contribution in [1.82, 2.24) is 15.0 Å². The van der Waals surface area contributed by atoms with Gasteiger partial charge in [0.1, 0.15) is 0 Å². The molecule has 0 spiro atoms. The monoisotopic (exact) mass is 319 g/mol. The van der Waals surface area contributed by atoms with Gasteiger partial charge in [-0.3, -0.25) is 0 Å². The Morgan fingerprint density at radius 1 is 1.27 bits per heavy atom. The molecule has 3 rings (SSSR count). The van der Waals surface area contributed by atoms with E-state index in [2.05, 4.69) is 15.0 Å². The molecule has 3 aromatic rings. The SMILES string of the molecule is COc1cc2nc(SCc3cnc[nH]3)oc(=O)c2cc1OC. The fourth-order valence-corrected chi connectivity index (χ4v) is 2.68. The van der Waals surface area contributed by atoms with Gasteiger partial charge in [-0.2, -0.15) is 0 Å². The van der Waals surface area contributed by atoms with Crippen molar-refractivity contribution in [2.24, 2.45) is 0 Å². The second kappa shape index (κ2) is 6.10. The number of imidazole rings is 1. The van der Waals surface area contributed by atoms with E-state index in [1.54, 1.807) is 24.7 Å². The minimum Gasteiger partial charge on any atom is -0.493 e. The number of nitrogens with zero attached hydrogens (tertiary/aromatic N) is 2. The van der Waals surface area contributed by atoms with E-state index in [9.17, 15) is 4.79 Å². The zero-order chi connectivity index (χ0) is 15.5. The van der Waals surface area contributed by atoms with Crippen LogP contribution in [0.4, 0.5) is 0 Å². The highest BCUT2D eigenvalue weighted by Gasteiger charge is 2.13. The molecule has 114 valence electrons. The molecular formula is C14H13N3O4S. The third-order valence-electron chi connectivity index (χ3n) is 3.02. The Labute approximate surface area is 129 Å². The number of hydrogen-bond donors (Lipinski definition) is 1. The van der Waals surface area contributed by atoms with E-state index in [1.165, 1.54) is 26.0 Å². The van der Waals surface area contributed by atoms with E-state index in [4.69, 9.17) is 13.9 Å². The van der Waals surface area contributed by atoms with Crippen molar-refractivity contribution >= 4 is 22.7 Å². The summed E-state index contributed by atoms with van der Waals surface area (Å²) in [6.45, 7) is 0. The van der Waals surface area contributed by atoms with Gasteiger partial charge in [0, 0.05) is 29.8 Å². The summed E-state index contributed by atoms with van der Waals surface area (Å²) in [4.78, 5) is 23.3. The number of aromatic amines is 1. The predicted molar refractivity (Wildman–Crippen MR) is 81.5 cm³/mol. The number of thioether (sulfide) groups is 1. The Morgan fingerprint density at radius 3 is 2.73 bits per heavy atom. The molecule has 22 heavy (non-hydrogen) atoms. The lowest BCUT2D eigenvalue weighted by atomic mass is 10.2. The van der Waals surface area contributed by atoms with Crippen molar-refractivity contribution in [1.29, 1.82) is 0 Å². The highest BCUT2D eigenvalue weighted by molar-refractivity contribution is 7.98. The zero-order valence-electron chi connectivity index (χ0n) is 12.0. The number of H-pyrrole nitrogens is 1. The molecule has 0 saturated carbocycles. The molecule has 0 fully saturated rings. The van der Waals surface area contributed by atoms with Crippen LogP contribution in [-0.4, -0.2) is 29.2 Å². The van der Waals surface area contributed by atoms with E-state index in [1.807, 2.05) is 0 Å². The molecule has 0 unspecified atom stereocenters. The number of methoxy groups -OCH3 is 2. The van der Waals surface area contributed by atoms with E-state index in [0.717, 1.165) is 5.69 Å². The van der Waals surface area contributed by atoms with Gasteiger partial charge in [0.05, 0.1) is 31.4 Å². The fraction of sp³-hybridized carbons (Fsp3) is 0.214. The molecule has 8 heteroatoms. The first-order valence-electron chi connectivity index (χ1n) is 6.38. The zero-order valence-corrected chi connectivity index (χ0v) is 12.8. The van der Waals surface area contributed by atoms with Gasteiger partial charge in [0.15, 0.2) is 11.5 Å². The van der Waals surface area contributed by atoms with Gasteiger partial charge >= 0.3 is 5.63 Å². The van der Waals surface area contributed by atoms with Gasteiger partial charge in [-0.05, 0) is 0 Å². The molecule has 0 saturated heterocycles. The first kappa shape index (κ1) is 14.5. The van der Waals surface area contributed by atoms with Crippen LogP contribution >= 0.6 is 11.8 Å². The van der Waals surface area contributed by atoms with Gasteiger partial charge in [0.25, 0.3) is 5.22 Å². The summed E-state index contributed by atoms with van der Waals surface area (Å²) in [5.74, 6) is 1.55. The highest BCUT2D eigenvalue weighted by Crippen LogP contribution is 2.31. The van der Waals surface area contributed by atoms with E-state index in [0.29, 0.717) is 33.4 Å². The summed E-state index contributed by atoms with van der Waals surface area (Å²) in [7, 11) is 3.04. The molecule has 0 aliphatic rings. The maximum atomic E-state index is 12.1. The maximum absolute atomic E-state index is 12.1. The van der Waals surface area contributed by atoms with Crippen molar-refractivity contribution in [2.45, 2.75) is 11.0 Å². The molecule has 1 aromatic carbocycles. The molecule has 2 aromatic heterocycles. The molecule has 0 aliphatic heterocycles. The maximum Gasteiger partial charge on any atom is 0.347 e. The number of aromatic nitrogens is 3. The minimum absolute atomic E-state index is 0.291. The summed E-state index contributed by atoms with van der Waals surface area (Å²) >= 11 is 1.31. The van der Waals surface area contributed by atoms with Crippen LogP contribution in [0.15, 0.2) is 39.1 Å². The van der Waals surface area contributed by atoms with Crippen LogP contribution in [-0.2, 0) is 5.75 Å². The molecular weight excluding hydrogens is 306 g/mol. The minimum atomic E-state index is -0.460. The van der Waals surface area contributed by atoms with Crippen molar-refractivity contribution < 1.29 is 13.9 Å². The average molecular weight is 319 g/mol. The number of ether oxygens (including phenoxy) is 2. The average Bonchev–Trinajstić information content (AvgIpc) is 3.05. The Balaban J connectivity index is 1.98. The Morgan fingerprint density at radius 2 is 2.05 bits per heavy atom. The second-order valence-corrected chi connectivity index (χ2v) is 5.28. The molecule has 2 heterocycles. The molecule has 0 bridgehead atoms. The lowest BCUT2D eigenvalue weighted by molar-refractivity contribution is 0.354. The van der Waals surface area contributed by atoms with Crippen LogP contribution in [0.2, 0.25) is 0 Å². The largest absolute Gasteiger partial charge is 0.493 e. The predicted octanol–water partition coefficient (Wildman–Crippen LogP) is 2.22. The molecule has 0 atom stereocenters. The summed E-state index contributed by atoms with van der Waals surface area (Å²) in [5.41, 5.74) is 0.959. The second-order valence-electron chi connectivity index (χ2n) is 4.36. The van der Waals surface area contributed by atoms with Crippen LogP contribution in [0.3, 0.4) is 0 Å². The summed E-state index contributed by atoms with van der Waals surface area (Å²) < 4.78 is 15.6. The summed E-state index contributed by atoms with van der Waals surface area (Å²) in [5, 5.41) is 0.642. The third kappa shape index (κ3) is 2.77. The molecule has 0 aliphatic carbocycles. The topological polar surface area (TPSA) is 90.2 Å². The Hall–Kier alpha value is -2.48. The first-order chi connectivity index (χ1) is 10.7. The summed E-state index contributed by atoms with van der Waals surface area (Å²) in [6.07, 6.45) is 3.30. The van der Waals surface area contributed by atoms with Gasteiger partial charge < -0.3 is 18.9 Å². The molecule has 0 amide bonds. The normalized spacial score (nSPS) is 10.8. The van der Waals surface area contributed by atoms with Crippen LogP contribution in [0.25, 0.3) is 10.9 Å². The van der Waals surface area contributed by atoms with Crippen molar-refractivity contribution in [3.63, 3.8) is 0 Å². The van der Waals surface area contributed by atoms with Crippen LogP contribution in [0, 0.1) is 0 Å². The number of fused-ring (bicyclic) bond motifs is 1. The number of hydrogen-bond acceptors (Lipinski definition) is 7. The van der Waals surface area contributed by atoms with E-state index >= 15 is 0 Å². The molecule has 7 nitrogen and oxygen atoms in total. The van der Waals surface area contributed by atoms with E-state index in [-0.39, 0.29) is 0 Å². The third-order valence-corrected chi connectivity index (χ3v) is 3.90. The number of nitrogens with one attached hydrogen (secondary N) is 1. The van der Waals surface area contributed by atoms with Crippen LogP contribution in [0.1, 0.15) is 5.69 Å². The van der Waals surface area contributed by atoms with Crippen molar-refractivity contribution in [2.75, 3.05) is 14.2 Å². The highest BCUT2D eigenvalue weighted by atomic mass is 32.2. The van der Waals surface area contributed by atoms with E-state index < -0.39 is 5.63 Å². The van der Waals surface area contributed by atoms with Crippen LogP contribution < -0.4 is 15.1 Å². The molecule has 0 radical (unpaired) electrons. The Kier molecular flexibility index (Phi) is 4.01. The smallest absolute Gasteiger partial charge is 0.347 e. The van der Waals surface area contributed by atoms with Gasteiger partial charge in [-0.25, -0.2) is 14.8 Å². The fourth-order valence-electron chi connectivity index (χ4n) is 1.94. The Bertz CT molecular complexity index is 845. The quantitative estimate of drug-likeness (QED) is 0.721. The standard InChI is InChI=1S/C14H13N3O4S/c1-19-11-3-9-10(4-12(11)20-2)17-14(21-13(9)18)22-6-8-5-15-7-16-8/h3-5,7H,6H2,1-2H3,(H,15,16). The molecule has 1 N–H and O–H groups in total. The van der Waals surface area contributed by atoms with Crippen molar-refractivity contribution in [3.8, 4) is 11.5 Å². The van der Waals surface area contributed by atoms with Gasteiger partial charge in [0.2, 0.25) is 0 Å². The van der Waals surface area contributed by atoms with Crippen LogP contribution in [0.5, 0.6) is 11.5 Å². The van der Waals surface area contributed by atoms with Crippen molar-refractivity contribution in [3.05, 3.63) is 40.8 Å². The first-order valence-corrected chi connectivity index (χ1v) is 7.36. The number of benzene rings is 1. The number of rotatable bonds is 5. The van der Waals surface area contributed by atoms with Gasteiger partial charge in [-0.15, -0.1) is 0 Å². The lowest BCUT2D eigenvalue weighted by Gasteiger charge is -2.08. The lowest BCUT2D eigenvalue weighted by Crippen LogP contribution is -2.04. The van der Waals surface area contributed by atoms with Gasteiger partial charge in [-0.1, -0.05) is 11.8 Å².